The first-order chi connectivity index (χ1) is 3.98. The highest BCUT2D eigenvalue weighted by molar-refractivity contribution is 4.37. The van der Waals surface area contributed by atoms with Gasteiger partial charge in [0.1, 0.15) is 0 Å². The summed E-state index contributed by atoms with van der Waals surface area (Å²) in [6.45, 7) is 0.0523. The molecular weight excluding hydrogens is 118 g/mol. The SMILES string of the molecule is C[N+](C)(C)C(O)CCO. The minimum Gasteiger partial charge on any atom is -0.396 e. The molecule has 2 N–H and O–H groups in total. The van der Waals surface area contributed by atoms with E-state index in [0.717, 1.165) is 0 Å². The Hall–Kier alpha value is -0.120. The molecule has 0 radical (unpaired) electrons. The molecule has 0 heterocycles. The van der Waals surface area contributed by atoms with Crippen LogP contribution in [0.1, 0.15) is 6.42 Å². The summed E-state index contributed by atoms with van der Waals surface area (Å²) in [5, 5.41) is 17.6. The van der Waals surface area contributed by atoms with Crippen molar-refractivity contribution < 1.29 is 14.7 Å². The third-order valence-corrected chi connectivity index (χ3v) is 1.28. The van der Waals surface area contributed by atoms with Crippen molar-refractivity contribution in [2.75, 3.05) is 27.7 Å². The van der Waals surface area contributed by atoms with E-state index in [4.69, 9.17) is 5.11 Å². The van der Waals surface area contributed by atoms with Gasteiger partial charge in [-0.2, -0.15) is 0 Å². The highest BCUT2D eigenvalue weighted by atomic mass is 16.3. The molecule has 0 aromatic rings. The highest BCUT2D eigenvalue weighted by Crippen LogP contribution is 2.01. The van der Waals surface area contributed by atoms with Crippen LogP contribution in [-0.4, -0.2) is 48.7 Å². The summed E-state index contributed by atoms with van der Waals surface area (Å²) in [7, 11) is 5.67. The van der Waals surface area contributed by atoms with E-state index in [-0.39, 0.29) is 6.61 Å². The van der Waals surface area contributed by atoms with Crippen LogP contribution in [0, 0.1) is 0 Å². The van der Waals surface area contributed by atoms with Crippen LogP contribution in [0.25, 0.3) is 0 Å². The van der Waals surface area contributed by atoms with E-state index < -0.39 is 6.23 Å². The Morgan fingerprint density at radius 1 is 1.33 bits per heavy atom. The van der Waals surface area contributed by atoms with Gasteiger partial charge in [-0.05, 0) is 0 Å². The first kappa shape index (κ1) is 8.88. The molecule has 1 unspecified atom stereocenters. The molecule has 9 heavy (non-hydrogen) atoms. The molecule has 0 amide bonds. The molecule has 0 spiro atoms. The van der Waals surface area contributed by atoms with E-state index in [2.05, 4.69) is 0 Å². The van der Waals surface area contributed by atoms with Gasteiger partial charge >= 0.3 is 0 Å². The minimum atomic E-state index is -0.449. The van der Waals surface area contributed by atoms with Crippen molar-refractivity contribution in [2.24, 2.45) is 0 Å². The highest BCUT2D eigenvalue weighted by Gasteiger charge is 2.18. The largest absolute Gasteiger partial charge is 0.396 e. The molecular formula is C6H16NO2+. The molecule has 0 aliphatic rings. The minimum absolute atomic E-state index is 0.0523. The zero-order valence-electron chi connectivity index (χ0n) is 6.33. The quantitative estimate of drug-likeness (QED) is 0.399. The number of quaternary nitrogens is 1. The molecule has 0 aromatic heterocycles. The molecule has 3 heteroatoms. The first-order valence-electron chi connectivity index (χ1n) is 3.08. The molecule has 0 saturated heterocycles. The van der Waals surface area contributed by atoms with E-state index >= 15 is 0 Å². The maximum Gasteiger partial charge on any atom is 0.192 e. The molecule has 0 aliphatic carbocycles. The monoisotopic (exact) mass is 134 g/mol. The second kappa shape index (κ2) is 3.15. The van der Waals surface area contributed by atoms with Crippen LogP contribution in [0.5, 0.6) is 0 Å². The van der Waals surface area contributed by atoms with Crippen molar-refractivity contribution in [1.29, 1.82) is 0 Å². The van der Waals surface area contributed by atoms with Crippen molar-refractivity contribution in [3.63, 3.8) is 0 Å². The van der Waals surface area contributed by atoms with E-state index in [9.17, 15) is 5.11 Å². The standard InChI is InChI=1S/C6H16NO2/c1-7(2,3)6(9)4-5-8/h6,8-9H,4-5H2,1-3H3/q+1. The van der Waals surface area contributed by atoms with Crippen molar-refractivity contribution in [3.8, 4) is 0 Å². The number of aliphatic hydroxyl groups is 2. The van der Waals surface area contributed by atoms with E-state index in [0.29, 0.717) is 10.9 Å². The Bertz CT molecular complexity index is 77.6. The van der Waals surface area contributed by atoms with Crippen molar-refractivity contribution in [2.45, 2.75) is 12.6 Å². The van der Waals surface area contributed by atoms with Gasteiger partial charge in [0.25, 0.3) is 0 Å². The lowest BCUT2D eigenvalue weighted by Crippen LogP contribution is -2.45. The van der Waals surface area contributed by atoms with Crippen LogP contribution < -0.4 is 0 Å². The van der Waals surface area contributed by atoms with E-state index in [1.165, 1.54) is 0 Å². The second-order valence-corrected chi connectivity index (χ2v) is 3.11. The third-order valence-electron chi connectivity index (χ3n) is 1.28. The Balaban J connectivity index is 3.59. The van der Waals surface area contributed by atoms with Crippen LogP contribution >= 0.6 is 0 Å². The number of hydrogen-bond donors (Lipinski definition) is 2. The fourth-order valence-corrected chi connectivity index (χ4v) is 0.503. The van der Waals surface area contributed by atoms with E-state index in [1.54, 1.807) is 0 Å². The first-order valence-corrected chi connectivity index (χ1v) is 3.08. The summed E-state index contributed by atoms with van der Waals surface area (Å²) in [4.78, 5) is 0. The fourth-order valence-electron chi connectivity index (χ4n) is 0.503. The normalized spacial score (nSPS) is 15.7. The zero-order valence-corrected chi connectivity index (χ0v) is 6.33. The molecule has 0 fully saturated rings. The lowest BCUT2D eigenvalue weighted by molar-refractivity contribution is -0.919. The molecule has 3 nitrogen and oxygen atoms in total. The Kier molecular flexibility index (Phi) is 3.11. The van der Waals surface area contributed by atoms with Crippen molar-refractivity contribution in [3.05, 3.63) is 0 Å². The van der Waals surface area contributed by atoms with Crippen LogP contribution in [-0.2, 0) is 0 Å². The van der Waals surface area contributed by atoms with Gasteiger partial charge in [-0.3, -0.25) is 0 Å². The van der Waals surface area contributed by atoms with E-state index in [1.807, 2.05) is 21.1 Å². The number of aliphatic hydroxyl groups excluding tert-OH is 2. The van der Waals surface area contributed by atoms with Crippen molar-refractivity contribution >= 4 is 0 Å². The Morgan fingerprint density at radius 3 is 1.89 bits per heavy atom. The number of rotatable bonds is 3. The van der Waals surface area contributed by atoms with Gasteiger partial charge < -0.3 is 14.7 Å². The Labute approximate surface area is 56.1 Å². The molecule has 1 atom stereocenters. The van der Waals surface area contributed by atoms with Gasteiger partial charge in [0, 0.05) is 6.42 Å². The average molecular weight is 134 g/mol. The van der Waals surface area contributed by atoms with Gasteiger partial charge in [-0.15, -0.1) is 0 Å². The summed E-state index contributed by atoms with van der Waals surface area (Å²) in [6, 6.07) is 0. The zero-order chi connectivity index (χ0) is 7.49. The average Bonchev–Trinajstić information content (AvgIpc) is 1.64. The second-order valence-electron chi connectivity index (χ2n) is 3.11. The molecule has 56 valence electrons. The lowest BCUT2D eigenvalue weighted by atomic mass is 10.3. The van der Waals surface area contributed by atoms with Gasteiger partial charge in [-0.1, -0.05) is 0 Å². The van der Waals surface area contributed by atoms with Crippen LogP contribution in [0.4, 0.5) is 0 Å². The van der Waals surface area contributed by atoms with Gasteiger partial charge in [0.05, 0.1) is 27.7 Å². The van der Waals surface area contributed by atoms with Gasteiger partial charge in [0.2, 0.25) is 0 Å². The topological polar surface area (TPSA) is 40.5 Å². The summed E-state index contributed by atoms with van der Waals surface area (Å²) < 4.78 is 0.487. The molecule has 0 bridgehead atoms. The number of nitrogens with zero attached hydrogens (tertiary/aromatic N) is 1. The van der Waals surface area contributed by atoms with Crippen molar-refractivity contribution in [1.82, 2.24) is 0 Å². The van der Waals surface area contributed by atoms with Crippen LogP contribution in [0.3, 0.4) is 0 Å². The predicted octanol–water partition coefficient (Wildman–Crippen LogP) is -0.607. The summed E-state index contributed by atoms with van der Waals surface area (Å²) >= 11 is 0. The maximum atomic E-state index is 9.20. The van der Waals surface area contributed by atoms with Gasteiger partial charge in [-0.25, -0.2) is 0 Å². The molecule has 0 saturated carbocycles. The maximum absolute atomic E-state index is 9.20. The van der Waals surface area contributed by atoms with Crippen LogP contribution in [0.2, 0.25) is 0 Å². The van der Waals surface area contributed by atoms with Crippen LogP contribution in [0.15, 0.2) is 0 Å². The summed E-state index contributed by atoms with van der Waals surface area (Å²) in [5.74, 6) is 0. The smallest absolute Gasteiger partial charge is 0.192 e. The molecule has 0 aromatic carbocycles. The fraction of sp³-hybridized carbons (Fsp3) is 1.00. The summed E-state index contributed by atoms with van der Waals surface area (Å²) in [6.07, 6.45) is -0.00116. The molecule has 0 aliphatic heterocycles. The third kappa shape index (κ3) is 3.46. The molecule has 0 rings (SSSR count). The van der Waals surface area contributed by atoms with Gasteiger partial charge in [0.15, 0.2) is 6.23 Å². The predicted molar refractivity (Wildman–Crippen MR) is 35.7 cm³/mol. The number of hydrogen-bond acceptors (Lipinski definition) is 2. The summed E-state index contributed by atoms with van der Waals surface area (Å²) in [5.41, 5.74) is 0. The Morgan fingerprint density at radius 2 is 1.78 bits per heavy atom. The lowest BCUT2D eigenvalue weighted by Gasteiger charge is -2.29.